The lowest BCUT2D eigenvalue weighted by Crippen LogP contribution is -2.32. The third-order valence-corrected chi connectivity index (χ3v) is 5.91. The van der Waals surface area contributed by atoms with Crippen molar-refractivity contribution < 1.29 is 22.7 Å². The Labute approximate surface area is 123 Å². The Kier molecular flexibility index (Phi) is 4.90. The Hall–Kier alpha value is -0.820. The van der Waals surface area contributed by atoms with Crippen molar-refractivity contribution in [3.63, 3.8) is 0 Å². The first kappa shape index (κ1) is 15.6. The predicted molar refractivity (Wildman–Crippen MR) is 75.6 cm³/mol. The summed E-state index contributed by atoms with van der Waals surface area (Å²) >= 11 is 3.16. The summed E-state index contributed by atoms with van der Waals surface area (Å²) in [6.07, 6.45) is -4.80. The molecule has 1 aromatic carbocycles. The van der Waals surface area contributed by atoms with E-state index >= 15 is 0 Å². The normalized spacial score (nSPS) is 23.4. The largest absolute Gasteiger partial charge is 0.573 e. The molecule has 1 aromatic rings. The summed E-state index contributed by atoms with van der Waals surface area (Å²) in [5.41, 5.74) is -0.00308. The maximum absolute atomic E-state index is 12.4. The van der Waals surface area contributed by atoms with Crippen LogP contribution in [0.3, 0.4) is 0 Å². The van der Waals surface area contributed by atoms with Gasteiger partial charge in [0.25, 0.3) is 0 Å². The van der Waals surface area contributed by atoms with Crippen molar-refractivity contribution in [3.05, 3.63) is 29.8 Å². The highest BCUT2D eigenvalue weighted by atomic mass is 32.2. The van der Waals surface area contributed by atoms with Gasteiger partial charge in [-0.1, -0.05) is 19.1 Å². The molecule has 0 bridgehead atoms. The minimum absolute atomic E-state index is 0.00308. The molecule has 0 N–H and O–H groups in total. The molecule has 1 aliphatic rings. The molecule has 110 valence electrons. The van der Waals surface area contributed by atoms with E-state index in [0.717, 1.165) is 11.5 Å². The van der Waals surface area contributed by atoms with Crippen LogP contribution in [-0.2, 0) is 0 Å². The first-order valence-corrected chi connectivity index (χ1v) is 8.10. The van der Waals surface area contributed by atoms with Crippen LogP contribution in [0.2, 0.25) is 0 Å². The first-order valence-electron chi connectivity index (χ1n) is 6.00. The van der Waals surface area contributed by atoms with Crippen LogP contribution in [0.5, 0.6) is 5.75 Å². The molecule has 7 heteroatoms. The van der Waals surface area contributed by atoms with E-state index in [4.69, 9.17) is 0 Å². The Morgan fingerprint density at radius 1 is 1.25 bits per heavy atom. The molecule has 0 radical (unpaired) electrons. The lowest BCUT2D eigenvalue weighted by molar-refractivity contribution is -0.274. The van der Waals surface area contributed by atoms with Gasteiger partial charge in [0.15, 0.2) is 5.78 Å². The first-order chi connectivity index (χ1) is 9.38. The molecule has 1 aliphatic heterocycles. The molecular formula is C13H13F3O2S2. The maximum Gasteiger partial charge on any atom is 0.573 e. The van der Waals surface area contributed by atoms with E-state index in [-0.39, 0.29) is 21.8 Å². The molecule has 0 amide bonds. The number of rotatable bonds is 3. The monoisotopic (exact) mass is 322 g/mol. The van der Waals surface area contributed by atoms with Gasteiger partial charge in [-0.25, -0.2) is 0 Å². The van der Waals surface area contributed by atoms with Crippen LogP contribution in [0.1, 0.15) is 17.3 Å². The van der Waals surface area contributed by atoms with Crippen molar-refractivity contribution in [3.8, 4) is 5.75 Å². The molecule has 0 aromatic heterocycles. The Balaban J connectivity index is 2.25. The van der Waals surface area contributed by atoms with E-state index in [2.05, 4.69) is 4.74 Å². The number of ketones is 1. The molecule has 2 rings (SSSR count). The van der Waals surface area contributed by atoms with Crippen molar-refractivity contribution in [2.24, 2.45) is 0 Å². The fourth-order valence-corrected chi connectivity index (χ4v) is 4.67. The predicted octanol–water partition coefficient (Wildman–Crippen LogP) is 4.01. The van der Waals surface area contributed by atoms with Crippen molar-refractivity contribution in [1.82, 2.24) is 0 Å². The molecule has 20 heavy (non-hydrogen) atoms. The van der Waals surface area contributed by atoms with E-state index in [9.17, 15) is 18.0 Å². The average molecular weight is 322 g/mol. The van der Waals surface area contributed by atoms with Gasteiger partial charge < -0.3 is 4.74 Å². The molecule has 2 nitrogen and oxygen atoms in total. The van der Waals surface area contributed by atoms with Gasteiger partial charge in [-0.15, -0.1) is 24.9 Å². The number of benzene rings is 1. The number of para-hydroxylation sites is 1. The van der Waals surface area contributed by atoms with Crippen molar-refractivity contribution >= 4 is 29.3 Å². The Bertz CT molecular complexity index is 491. The maximum atomic E-state index is 12.4. The fourth-order valence-electron chi connectivity index (χ4n) is 1.96. The number of carbonyl (C=O) groups excluding carboxylic acids is 1. The molecule has 0 saturated carbocycles. The van der Waals surface area contributed by atoms with Gasteiger partial charge in [0.2, 0.25) is 0 Å². The number of alkyl halides is 3. The summed E-state index contributed by atoms with van der Waals surface area (Å²) < 4.78 is 41.0. The van der Waals surface area contributed by atoms with Crippen LogP contribution in [-0.4, -0.2) is 34.2 Å². The highest BCUT2D eigenvalue weighted by molar-refractivity contribution is 8.07. The van der Waals surface area contributed by atoms with Gasteiger partial charge in [0.1, 0.15) is 5.75 Å². The lowest BCUT2D eigenvalue weighted by atomic mass is 10.1. The molecule has 0 aliphatic carbocycles. The van der Waals surface area contributed by atoms with Crippen LogP contribution < -0.4 is 4.74 Å². The van der Waals surface area contributed by atoms with Crippen LogP contribution in [0, 0.1) is 0 Å². The summed E-state index contributed by atoms with van der Waals surface area (Å²) in [6, 6.07) is 5.52. The Morgan fingerprint density at radius 3 is 2.55 bits per heavy atom. The third-order valence-electron chi connectivity index (χ3n) is 2.82. The van der Waals surface area contributed by atoms with Crippen LogP contribution in [0.25, 0.3) is 0 Å². The molecule has 0 spiro atoms. The fraction of sp³-hybridized carbons (Fsp3) is 0.462. The van der Waals surface area contributed by atoms with Gasteiger partial charge in [-0.05, 0) is 12.1 Å². The number of carbonyl (C=O) groups is 1. The molecular weight excluding hydrogens is 309 g/mol. The average Bonchev–Trinajstić information content (AvgIpc) is 2.37. The summed E-state index contributed by atoms with van der Waals surface area (Å²) in [7, 11) is 0. The highest BCUT2D eigenvalue weighted by Crippen LogP contribution is 2.35. The van der Waals surface area contributed by atoms with E-state index in [1.54, 1.807) is 17.8 Å². The van der Waals surface area contributed by atoms with Crippen LogP contribution >= 0.6 is 23.5 Å². The van der Waals surface area contributed by atoms with Gasteiger partial charge in [-0.2, -0.15) is 11.8 Å². The second-order valence-electron chi connectivity index (χ2n) is 4.28. The zero-order valence-electron chi connectivity index (χ0n) is 10.6. The van der Waals surface area contributed by atoms with E-state index in [1.165, 1.54) is 30.0 Å². The van der Waals surface area contributed by atoms with Gasteiger partial charge >= 0.3 is 6.36 Å². The second kappa shape index (κ2) is 6.30. The molecule has 1 heterocycles. The minimum Gasteiger partial charge on any atom is -0.405 e. The van der Waals surface area contributed by atoms with E-state index in [0.29, 0.717) is 0 Å². The topological polar surface area (TPSA) is 26.3 Å². The zero-order chi connectivity index (χ0) is 14.8. The van der Waals surface area contributed by atoms with E-state index in [1.807, 2.05) is 6.92 Å². The number of ether oxygens (including phenoxy) is 1. The van der Waals surface area contributed by atoms with Crippen LogP contribution in [0.4, 0.5) is 13.2 Å². The molecule has 1 fully saturated rings. The summed E-state index contributed by atoms with van der Waals surface area (Å²) in [5, 5.41) is -0.244. The highest BCUT2D eigenvalue weighted by Gasteiger charge is 2.35. The number of hydrogen-bond donors (Lipinski definition) is 0. The summed E-state index contributed by atoms with van der Waals surface area (Å²) in [5.74, 6) is 1.06. The molecule has 2 unspecified atom stereocenters. The minimum atomic E-state index is -4.80. The summed E-state index contributed by atoms with van der Waals surface area (Å²) in [4.78, 5) is 12.4. The number of Topliss-reactive ketones (excluding diaryl/α,β-unsaturated/α-hetero) is 1. The van der Waals surface area contributed by atoms with Gasteiger partial charge in [0, 0.05) is 16.8 Å². The van der Waals surface area contributed by atoms with Crippen LogP contribution in [0.15, 0.2) is 24.3 Å². The zero-order valence-corrected chi connectivity index (χ0v) is 12.3. The second-order valence-corrected chi connectivity index (χ2v) is 7.01. The Morgan fingerprint density at radius 2 is 1.90 bits per heavy atom. The number of thioether (sulfide) groups is 2. The number of halogens is 3. The molecule has 1 saturated heterocycles. The SMILES string of the molecule is CC1SCCSC1C(=O)c1ccccc1OC(F)(F)F. The lowest BCUT2D eigenvalue weighted by Gasteiger charge is -2.27. The number of hydrogen-bond acceptors (Lipinski definition) is 4. The quantitative estimate of drug-likeness (QED) is 0.786. The smallest absolute Gasteiger partial charge is 0.405 e. The van der Waals surface area contributed by atoms with Gasteiger partial charge in [0.05, 0.1) is 10.8 Å². The van der Waals surface area contributed by atoms with E-state index < -0.39 is 12.1 Å². The van der Waals surface area contributed by atoms with Crippen molar-refractivity contribution in [2.45, 2.75) is 23.8 Å². The third kappa shape index (κ3) is 3.85. The van der Waals surface area contributed by atoms with Crippen molar-refractivity contribution in [1.29, 1.82) is 0 Å². The standard InChI is InChI=1S/C13H13F3O2S2/c1-8-12(20-7-6-19-8)11(17)9-4-2-3-5-10(9)18-13(14,15)16/h2-5,8,12H,6-7H2,1H3. The molecule has 2 atom stereocenters. The van der Waals surface area contributed by atoms with Gasteiger partial charge in [-0.3, -0.25) is 4.79 Å². The summed E-state index contributed by atoms with van der Waals surface area (Å²) in [6.45, 7) is 1.92. The van der Waals surface area contributed by atoms with Crippen molar-refractivity contribution in [2.75, 3.05) is 11.5 Å².